The van der Waals surface area contributed by atoms with Crippen LogP contribution in [0, 0.1) is 0 Å². The average molecular weight is 428 g/mol. The largest absolute Gasteiger partial charge is 0.493 e. The van der Waals surface area contributed by atoms with Gasteiger partial charge in [0.2, 0.25) is 5.89 Å². The molecule has 1 aromatic carbocycles. The normalized spacial score (nSPS) is 12.6. The summed E-state index contributed by atoms with van der Waals surface area (Å²) < 4.78 is 52.7. The van der Waals surface area contributed by atoms with Gasteiger partial charge in [0.05, 0.1) is 19.9 Å². The molecule has 30 heavy (non-hydrogen) atoms. The zero-order chi connectivity index (χ0) is 22.4. The molecule has 0 fully saturated rings. The van der Waals surface area contributed by atoms with Crippen molar-refractivity contribution in [3.63, 3.8) is 0 Å². The lowest BCUT2D eigenvalue weighted by Gasteiger charge is -2.15. The highest BCUT2D eigenvalue weighted by Gasteiger charge is 2.29. The molecule has 0 aliphatic carbocycles. The van der Waals surface area contributed by atoms with E-state index in [9.17, 15) is 13.2 Å². The van der Waals surface area contributed by atoms with E-state index in [2.05, 4.69) is 20.6 Å². The number of oxazole rings is 1. The van der Waals surface area contributed by atoms with Crippen molar-refractivity contribution in [3.8, 4) is 11.5 Å². The Bertz CT molecular complexity index is 858. The number of guanidine groups is 1. The number of halogens is 3. The van der Waals surface area contributed by atoms with Gasteiger partial charge in [-0.25, -0.2) is 4.98 Å². The molecule has 10 heteroatoms. The fourth-order valence-electron chi connectivity index (χ4n) is 2.41. The van der Waals surface area contributed by atoms with Gasteiger partial charge in [-0.1, -0.05) is 26.8 Å². The number of hydrogen-bond acceptors (Lipinski definition) is 5. The molecule has 2 aromatic rings. The predicted molar refractivity (Wildman–Crippen MR) is 107 cm³/mol. The molecule has 0 saturated carbocycles. The van der Waals surface area contributed by atoms with Crippen molar-refractivity contribution in [1.82, 2.24) is 15.6 Å². The number of benzene rings is 1. The molecule has 0 radical (unpaired) electrons. The van der Waals surface area contributed by atoms with Crippen LogP contribution in [0.25, 0.3) is 0 Å². The van der Waals surface area contributed by atoms with Gasteiger partial charge in [-0.05, 0) is 17.7 Å². The Morgan fingerprint density at radius 1 is 1.13 bits per heavy atom. The number of hydrogen-bond donors (Lipinski definition) is 2. The molecule has 7 nitrogen and oxygen atoms in total. The van der Waals surface area contributed by atoms with Crippen molar-refractivity contribution in [3.05, 3.63) is 41.6 Å². The quantitative estimate of drug-likeness (QED) is 0.516. The Hall–Kier alpha value is -2.91. The van der Waals surface area contributed by atoms with Crippen LogP contribution in [0.4, 0.5) is 13.2 Å². The van der Waals surface area contributed by atoms with Crippen molar-refractivity contribution in [1.29, 1.82) is 0 Å². The predicted octanol–water partition coefficient (Wildman–Crippen LogP) is 3.79. The maximum absolute atomic E-state index is 12.4. The molecule has 0 aliphatic heterocycles. The van der Waals surface area contributed by atoms with Gasteiger partial charge in [0.1, 0.15) is 5.76 Å². The van der Waals surface area contributed by atoms with Crippen LogP contribution in [0.5, 0.6) is 11.5 Å². The fourth-order valence-corrected chi connectivity index (χ4v) is 2.41. The lowest BCUT2D eigenvalue weighted by atomic mass is 9.94. The number of nitrogens with zero attached hydrogens (tertiary/aromatic N) is 2. The number of nitrogens with one attached hydrogen (secondary N) is 2. The summed E-state index contributed by atoms with van der Waals surface area (Å²) in [5, 5.41) is 6.21. The summed E-state index contributed by atoms with van der Waals surface area (Å²) in [6.45, 7) is 5.46. The van der Waals surface area contributed by atoms with Gasteiger partial charge in [-0.15, -0.1) is 0 Å². The second-order valence-electron chi connectivity index (χ2n) is 7.54. The van der Waals surface area contributed by atoms with Crippen LogP contribution < -0.4 is 20.1 Å². The molecule has 0 saturated heterocycles. The van der Waals surface area contributed by atoms with E-state index >= 15 is 0 Å². The minimum Gasteiger partial charge on any atom is -0.493 e. The van der Waals surface area contributed by atoms with Crippen LogP contribution in [0.1, 0.15) is 38.0 Å². The molecule has 0 spiro atoms. The first-order valence-corrected chi connectivity index (χ1v) is 9.28. The van der Waals surface area contributed by atoms with Gasteiger partial charge in [0.25, 0.3) is 0 Å². The van der Waals surface area contributed by atoms with E-state index in [0.29, 0.717) is 24.9 Å². The van der Waals surface area contributed by atoms with E-state index in [1.54, 1.807) is 25.4 Å². The highest BCUT2D eigenvalue weighted by molar-refractivity contribution is 5.79. The third-order valence-corrected chi connectivity index (χ3v) is 4.00. The third-order valence-electron chi connectivity index (χ3n) is 4.00. The van der Waals surface area contributed by atoms with Crippen molar-refractivity contribution in [2.45, 2.75) is 45.5 Å². The van der Waals surface area contributed by atoms with E-state index in [0.717, 1.165) is 11.3 Å². The Morgan fingerprint density at radius 3 is 2.40 bits per heavy atom. The SMILES string of the molecule is CN=C(NCc1ccc(OCC(F)(F)F)c(OC)c1)NCc1ncc(C(C)(C)C)o1. The molecule has 2 rings (SSSR count). The van der Waals surface area contributed by atoms with Crippen LogP contribution in [0.15, 0.2) is 33.8 Å². The lowest BCUT2D eigenvalue weighted by Crippen LogP contribution is -2.36. The molecular formula is C20H27F3N4O3. The lowest BCUT2D eigenvalue weighted by molar-refractivity contribution is -0.153. The van der Waals surface area contributed by atoms with E-state index in [1.807, 2.05) is 20.8 Å². The van der Waals surface area contributed by atoms with Gasteiger partial charge < -0.3 is 24.5 Å². The van der Waals surface area contributed by atoms with Crippen molar-refractivity contribution in [2.24, 2.45) is 4.99 Å². The van der Waals surface area contributed by atoms with Crippen LogP contribution in [-0.4, -0.2) is 37.9 Å². The van der Waals surface area contributed by atoms with Gasteiger partial charge in [0.15, 0.2) is 24.1 Å². The second kappa shape index (κ2) is 9.73. The summed E-state index contributed by atoms with van der Waals surface area (Å²) >= 11 is 0. The van der Waals surface area contributed by atoms with Crippen molar-refractivity contribution >= 4 is 5.96 Å². The van der Waals surface area contributed by atoms with E-state index in [-0.39, 0.29) is 16.9 Å². The Labute approximate surface area is 173 Å². The van der Waals surface area contributed by atoms with Crippen LogP contribution >= 0.6 is 0 Å². The maximum Gasteiger partial charge on any atom is 0.422 e. The summed E-state index contributed by atoms with van der Waals surface area (Å²) in [5.41, 5.74) is 0.653. The van der Waals surface area contributed by atoms with E-state index in [4.69, 9.17) is 13.9 Å². The highest BCUT2D eigenvalue weighted by atomic mass is 19.4. The fraction of sp³-hybridized carbons (Fsp3) is 0.500. The van der Waals surface area contributed by atoms with Crippen LogP contribution in [0.3, 0.4) is 0 Å². The minimum absolute atomic E-state index is 0.0274. The molecular weight excluding hydrogens is 401 g/mol. The molecule has 0 amide bonds. The number of alkyl halides is 3. The summed E-state index contributed by atoms with van der Waals surface area (Å²) in [6, 6.07) is 4.70. The third kappa shape index (κ3) is 7.16. The number of rotatable bonds is 7. The molecule has 166 valence electrons. The second-order valence-corrected chi connectivity index (χ2v) is 7.54. The molecule has 0 atom stereocenters. The summed E-state index contributed by atoms with van der Waals surface area (Å²) in [4.78, 5) is 8.39. The highest BCUT2D eigenvalue weighted by Crippen LogP contribution is 2.29. The van der Waals surface area contributed by atoms with Crippen LogP contribution in [0.2, 0.25) is 0 Å². The molecule has 0 bridgehead atoms. The first-order valence-electron chi connectivity index (χ1n) is 9.28. The topological polar surface area (TPSA) is 80.9 Å². The smallest absolute Gasteiger partial charge is 0.422 e. The van der Waals surface area contributed by atoms with Gasteiger partial charge in [-0.3, -0.25) is 4.99 Å². The monoisotopic (exact) mass is 428 g/mol. The summed E-state index contributed by atoms with van der Waals surface area (Å²) in [6.07, 6.45) is -2.71. The Kier molecular flexibility index (Phi) is 7.58. The van der Waals surface area contributed by atoms with Crippen molar-refractivity contribution in [2.75, 3.05) is 20.8 Å². The molecule has 0 aliphatic rings. The number of aliphatic imine (C=N–C) groups is 1. The number of aromatic nitrogens is 1. The molecule has 1 heterocycles. The zero-order valence-electron chi connectivity index (χ0n) is 17.7. The Morgan fingerprint density at radius 2 is 1.83 bits per heavy atom. The average Bonchev–Trinajstić information content (AvgIpc) is 3.15. The van der Waals surface area contributed by atoms with Gasteiger partial charge in [0, 0.05) is 19.0 Å². The van der Waals surface area contributed by atoms with Gasteiger partial charge in [-0.2, -0.15) is 13.2 Å². The van der Waals surface area contributed by atoms with Crippen molar-refractivity contribution < 1.29 is 27.1 Å². The summed E-state index contributed by atoms with van der Waals surface area (Å²) in [7, 11) is 3.00. The van der Waals surface area contributed by atoms with E-state index in [1.165, 1.54) is 13.2 Å². The first-order chi connectivity index (χ1) is 14.0. The molecule has 0 unspecified atom stereocenters. The molecule has 1 aromatic heterocycles. The number of ether oxygens (including phenoxy) is 2. The zero-order valence-corrected chi connectivity index (χ0v) is 17.7. The first kappa shape index (κ1) is 23.4. The maximum atomic E-state index is 12.4. The minimum atomic E-state index is -4.42. The Balaban J connectivity index is 1.92. The number of methoxy groups -OCH3 is 1. The van der Waals surface area contributed by atoms with Gasteiger partial charge >= 0.3 is 6.18 Å². The summed E-state index contributed by atoms with van der Waals surface area (Å²) in [5.74, 6) is 2.09. The van der Waals surface area contributed by atoms with Crippen LogP contribution in [-0.2, 0) is 18.5 Å². The van der Waals surface area contributed by atoms with E-state index < -0.39 is 12.8 Å². The molecule has 2 N–H and O–H groups in total. The standard InChI is InChI=1S/C20H27F3N4O3/c1-19(2,3)16-10-25-17(30-16)11-27-18(24-4)26-9-13-6-7-14(15(8-13)28-5)29-12-20(21,22)23/h6-8,10H,9,11-12H2,1-5H3,(H2,24,26,27).